The summed E-state index contributed by atoms with van der Waals surface area (Å²) >= 11 is 18.5. The molecule has 0 saturated heterocycles. The number of hydrogen-bond donors (Lipinski definition) is 0. The van der Waals surface area contributed by atoms with Gasteiger partial charge in [0.05, 0.1) is 22.1 Å². The van der Waals surface area contributed by atoms with E-state index in [0.717, 1.165) is 0 Å². The molecule has 4 nitrogen and oxygen atoms in total. The monoisotopic (exact) mass is 428 g/mol. The topological polar surface area (TPSA) is 52.0 Å². The van der Waals surface area contributed by atoms with E-state index in [1.165, 1.54) is 0 Å². The highest BCUT2D eigenvalue weighted by molar-refractivity contribution is 7.84. The highest BCUT2D eigenvalue weighted by atomic mass is 35.5. The quantitative estimate of drug-likeness (QED) is 0.586. The number of fused-ring (bicyclic) bond motifs is 1. The van der Waals surface area contributed by atoms with Gasteiger partial charge in [-0.15, -0.1) is 0 Å². The van der Waals surface area contributed by atoms with Crippen molar-refractivity contribution in [1.82, 2.24) is 9.78 Å². The van der Waals surface area contributed by atoms with Gasteiger partial charge in [-0.1, -0.05) is 53.9 Å². The van der Waals surface area contributed by atoms with Crippen LogP contribution < -0.4 is 5.43 Å². The van der Waals surface area contributed by atoms with Crippen LogP contribution in [0.5, 0.6) is 0 Å². The van der Waals surface area contributed by atoms with Crippen molar-refractivity contribution >= 4 is 56.5 Å². The fourth-order valence-corrected chi connectivity index (χ4v) is 3.85. The molecule has 0 amide bonds. The van der Waals surface area contributed by atoms with Gasteiger partial charge in [0.15, 0.2) is 0 Å². The summed E-state index contributed by atoms with van der Waals surface area (Å²) in [5, 5.41) is 6.08. The molecular weight excluding hydrogens is 415 g/mol. The molecule has 3 aromatic rings. The first-order valence-corrected chi connectivity index (χ1v) is 10.5. The van der Waals surface area contributed by atoms with Crippen LogP contribution in [0.25, 0.3) is 22.2 Å². The van der Waals surface area contributed by atoms with Gasteiger partial charge in [-0.05, 0) is 24.3 Å². The van der Waals surface area contributed by atoms with Crippen molar-refractivity contribution in [3.05, 3.63) is 61.7 Å². The van der Waals surface area contributed by atoms with Crippen molar-refractivity contribution in [2.24, 2.45) is 0 Å². The summed E-state index contributed by atoms with van der Waals surface area (Å²) in [4.78, 5) is 13.0. The van der Waals surface area contributed by atoms with E-state index < -0.39 is 10.8 Å². The van der Waals surface area contributed by atoms with Crippen molar-refractivity contribution in [3.8, 4) is 11.3 Å². The number of aromatic nitrogens is 2. The first-order valence-electron chi connectivity index (χ1n) is 7.92. The minimum Gasteiger partial charge on any atom is -0.287 e. The zero-order valence-corrected chi connectivity index (χ0v) is 16.9. The van der Waals surface area contributed by atoms with Crippen molar-refractivity contribution in [2.75, 3.05) is 11.5 Å². The number of benzene rings is 2. The summed E-state index contributed by atoms with van der Waals surface area (Å²) in [7, 11) is -0.959. The van der Waals surface area contributed by atoms with E-state index in [1.54, 1.807) is 41.1 Å². The maximum Gasteiger partial charge on any atom is 0.215 e. The molecule has 0 aliphatic carbocycles. The Morgan fingerprint density at radius 2 is 1.92 bits per heavy atom. The molecule has 1 aromatic heterocycles. The van der Waals surface area contributed by atoms with Gasteiger partial charge in [-0.2, -0.15) is 5.10 Å². The highest BCUT2D eigenvalue weighted by Gasteiger charge is 2.17. The predicted octanol–water partition coefficient (Wildman–Crippen LogP) is 4.79. The van der Waals surface area contributed by atoms with Crippen LogP contribution in [0.15, 0.2) is 41.2 Å². The van der Waals surface area contributed by atoms with Crippen LogP contribution in [0.4, 0.5) is 0 Å². The van der Waals surface area contributed by atoms with Crippen molar-refractivity contribution in [2.45, 2.75) is 13.5 Å². The lowest BCUT2D eigenvalue weighted by atomic mass is 10.1. The number of rotatable bonds is 5. The Kier molecular flexibility index (Phi) is 6.03. The van der Waals surface area contributed by atoms with Crippen LogP contribution in [0.3, 0.4) is 0 Å². The third-order valence-corrected chi connectivity index (χ3v) is 6.31. The first-order chi connectivity index (χ1) is 12.4. The zero-order valence-electron chi connectivity index (χ0n) is 13.8. The van der Waals surface area contributed by atoms with Gasteiger partial charge in [-0.3, -0.25) is 13.7 Å². The Labute approximate surface area is 168 Å². The van der Waals surface area contributed by atoms with E-state index in [0.29, 0.717) is 44.6 Å². The third-order valence-electron chi connectivity index (χ3n) is 3.98. The molecular formula is C18H15Cl3N2O2S. The second-order valence-corrected chi connectivity index (χ2v) is 8.68. The SMILES string of the molecule is CCS(=O)CCn1nc(-c2cccc(Cl)c2Cl)c(=O)c2ccc(Cl)cc21. The van der Waals surface area contributed by atoms with Crippen LogP contribution in [0.1, 0.15) is 6.92 Å². The first kappa shape index (κ1) is 19.4. The second kappa shape index (κ2) is 8.09. The molecule has 1 heterocycles. The molecule has 0 spiro atoms. The standard InChI is InChI=1S/C18H15Cl3N2O2S/c1-2-26(25)9-8-23-15-10-11(19)6-7-12(15)18(24)17(22-23)13-4-3-5-14(20)16(13)21/h3-7,10H,2,8-9H2,1H3. The van der Waals surface area contributed by atoms with Crippen LogP contribution in [-0.2, 0) is 17.3 Å². The number of nitrogens with zero attached hydrogens (tertiary/aromatic N) is 2. The molecule has 2 aromatic carbocycles. The molecule has 0 aliphatic heterocycles. The second-order valence-electron chi connectivity index (χ2n) is 5.60. The van der Waals surface area contributed by atoms with Crippen molar-refractivity contribution in [1.29, 1.82) is 0 Å². The minimum atomic E-state index is -0.959. The summed E-state index contributed by atoms with van der Waals surface area (Å²) in [6, 6.07) is 10.1. The Balaban J connectivity index is 2.26. The Bertz CT molecular complexity index is 1070. The largest absolute Gasteiger partial charge is 0.287 e. The number of hydrogen-bond acceptors (Lipinski definition) is 3. The molecule has 8 heteroatoms. The maximum atomic E-state index is 13.0. The van der Waals surface area contributed by atoms with E-state index in [-0.39, 0.29) is 16.1 Å². The fourth-order valence-electron chi connectivity index (χ4n) is 2.62. The Morgan fingerprint density at radius 1 is 1.15 bits per heavy atom. The van der Waals surface area contributed by atoms with Gasteiger partial charge in [-0.25, -0.2) is 0 Å². The number of halogens is 3. The van der Waals surface area contributed by atoms with Gasteiger partial charge >= 0.3 is 0 Å². The lowest BCUT2D eigenvalue weighted by molar-refractivity contribution is 0.652. The lowest BCUT2D eigenvalue weighted by Crippen LogP contribution is -2.19. The molecule has 0 aliphatic rings. The molecule has 1 atom stereocenters. The Morgan fingerprint density at radius 3 is 2.65 bits per heavy atom. The fraction of sp³-hybridized carbons (Fsp3) is 0.222. The van der Waals surface area contributed by atoms with Crippen LogP contribution in [0.2, 0.25) is 15.1 Å². The average molecular weight is 430 g/mol. The maximum absolute atomic E-state index is 13.0. The van der Waals surface area contributed by atoms with E-state index in [2.05, 4.69) is 5.10 Å². The number of aryl methyl sites for hydroxylation is 1. The highest BCUT2D eigenvalue weighted by Crippen LogP contribution is 2.31. The molecule has 136 valence electrons. The summed E-state index contributed by atoms with van der Waals surface area (Å²) in [5.74, 6) is 0.989. The molecule has 3 rings (SSSR count). The summed E-state index contributed by atoms with van der Waals surface area (Å²) in [5.41, 5.74) is 1.01. The van der Waals surface area contributed by atoms with Crippen LogP contribution in [0, 0.1) is 0 Å². The van der Waals surface area contributed by atoms with E-state index in [4.69, 9.17) is 34.8 Å². The molecule has 0 bridgehead atoms. The van der Waals surface area contributed by atoms with Gasteiger partial charge in [0.1, 0.15) is 5.69 Å². The third kappa shape index (κ3) is 3.81. The summed E-state index contributed by atoms with van der Waals surface area (Å²) in [6.07, 6.45) is 0. The minimum absolute atomic E-state index is 0.203. The van der Waals surface area contributed by atoms with Gasteiger partial charge < -0.3 is 0 Å². The average Bonchev–Trinajstić information content (AvgIpc) is 2.63. The zero-order chi connectivity index (χ0) is 18.8. The molecule has 0 saturated carbocycles. The van der Waals surface area contributed by atoms with E-state index in [1.807, 2.05) is 6.92 Å². The Hall–Kier alpha value is -1.40. The van der Waals surface area contributed by atoms with Crippen molar-refractivity contribution in [3.63, 3.8) is 0 Å². The lowest BCUT2D eigenvalue weighted by Gasteiger charge is -2.13. The predicted molar refractivity (Wildman–Crippen MR) is 110 cm³/mol. The van der Waals surface area contributed by atoms with E-state index in [9.17, 15) is 9.00 Å². The summed E-state index contributed by atoms with van der Waals surface area (Å²) < 4.78 is 13.5. The molecule has 26 heavy (non-hydrogen) atoms. The molecule has 0 fully saturated rings. The van der Waals surface area contributed by atoms with Crippen LogP contribution in [-0.4, -0.2) is 25.5 Å². The molecule has 0 radical (unpaired) electrons. The van der Waals surface area contributed by atoms with Gasteiger partial charge in [0.25, 0.3) is 0 Å². The smallest absolute Gasteiger partial charge is 0.215 e. The van der Waals surface area contributed by atoms with Crippen LogP contribution >= 0.6 is 34.8 Å². The molecule has 1 unspecified atom stereocenters. The van der Waals surface area contributed by atoms with E-state index >= 15 is 0 Å². The normalized spacial score (nSPS) is 12.5. The van der Waals surface area contributed by atoms with Gasteiger partial charge in [0, 0.05) is 38.3 Å². The van der Waals surface area contributed by atoms with Gasteiger partial charge in [0.2, 0.25) is 5.43 Å². The summed E-state index contributed by atoms with van der Waals surface area (Å²) in [6.45, 7) is 2.25. The van der Waals surface area contributed by atoms with Crippen molar-refractivity contribution < 1.29 is 4.21 Å². The molecule has 0 N–H and O–H groups in total.